The fraction of sp³-hybridized carbons (Fsp3) is 0.750. The van der Waals surface area contributed by atoms with Gasteiger partial charge in [-0.1, -0.05) is 0 Å². The van der Waals surface area contributed by atoms with E-state index < -0.39 is 11.1 Å². The van der Waals surface area contributed by atoms with Crippen molar-refractivity contribution in [3.8, 4) is 0 Å². The maximum atomic E-state index is 11.3. The minimum absolute atomic E-state index is 0.691. The standard InChI is InChI=1S/C8H14N2O2/c1-7(2)8(3,4)10(12)6-5-9(7)11/h5-6H,1-4H3. The molecular formula is C8H14N2O2. The van der Waals surface area contributed by atoms with Gasteiger partial charge in [-0.05, 0) is 13.8 Å². The van der Waals surface area contributed by atoms with Crippen LogP contribution in [0.3, 0.4) is 0 Å². The van der Waals surface area contributed by atoms with Crippen molar-refractivity contribution in [2.45, 2.75) is 38.8 Å². The second-order valence-electron chi connectivity index (χ2n) is 4.07. The lowest BCUT2D eigenvalue weighted by molar-refractivity contribution is -0.582. The number of hydroxylamine groups is 2. The van der Waals surface area contributed by atoms with E-state index in [1.54, 1.807) is 27.7 Å². The molecule has 0 atom stereocenters. The van der Waals surface area contributed by atoms with E-state index in [0.717, 1.165) is 9.82 Å². The van der Waals surface area contributed by atoms with Gasteiger partial charge < -0.3 is 10.3 Å². The molecule has 1 aliphatic rings. The van der Waals surface area contributed by atoms with Gasteiger partial charge in [0, 0.05) is 23.5 Å². The van der Waals surface area contributed by atoms with Crippen molar-refractivity contribution in [3.05, 3.63) is 22.5 Å². The molecule has 0 saturated heterocycles. The average Bonchev–Trinajstić information content (AvgIpc) is 1.96. The van der Waals surface area contributed by atoms with E-state index in [2.05, 4.69) is 0 Å². The highest BCUT2D eigenvalue weighted by molar-refractivity contribution is 5.04. The summed E-state index contributed by atoms with van der Waals surface area (Å²) in [5, 5.41) is 12.2. The first-order valence-corrected chi connectivity index (χ1v) is 3.91. The molecule has 0 spiro atoms. The molecule has 0 fully saturated rings. The van der Waals surface area contributed by atoms with Crippen LogP contribution in [0.25, 0.3) is 0 Å². The summed E-state index contributed by atoms with van der Waals surface area (Å²) in [7, 11) is 0. The summed E-state index contributed by atoms with van der Waals surface area (Å²) in [5.74, 6) is 0. The third-order valence-electron chi connectivity index (χ3n) is 2.94. The van der Waals surface area contributed by atoms with Crippen molar-refractivity contribution < 1.29 is 4.76 Å². The van der Waals surface area contributed by atoms with Gasteiger partial charge in [0.25, 0.3) is 0 Å². The molecule has 1 aliphatic heterocycles. The maximum Gasteiger partial charge on any atom is 0.236 e. The molecule has 12 heavy (non-hydrogen) atoms. The van der Waals surface area contributed by atoms with E-state index in [9.17, 15) is 10.1 Å². The lowest BCUT2D eigenvalue weighted by Gasteiger charge is -2.48. The number of rotatable bonds is 0. The fourth-order valence-corrected chi connectivity index (χ4v) is 1.03. The van der Waals surface area contributed by atoms with Crippen molar-refractivity contribution in [2.24, 2.45) is 0 Å². The largest absolute Gasteiger partial charge is 0.758 e. The quantitative estimate of drug-likeness (QED) is 0.519. The summed E-state index contributed by atoms with van der Waals surface area (Å²) in [5.41, 5.74) is -1.38. The Morgan fingerprint density at radius 2 is 1.83 bits per heavy atom. The predicted octanol–water partition coefficient (Wildman–Crippen LogP) is 1.61. The second kappa shape index (κ2) is 2.29. The molecule has 0 aromatic heterocycles. The monoisotopic (exact) mass is 170 g/mol. The molecule has 0 bridgehead atoms. The van der Waals surface area contributed by atoms with Crippen molar-refractivity contribution in [2.75, 3.05) is 0 Å². The van der Waals surface area contributed by atoms with Gasteiger partial charge in [0.2, 0.25) is 11.7 Å². The van der Waals surface area contributed by atoms with Crippen LogP contribution in [0.1, 0.15) is 27.7 Å². The maximum absolute atomic E-state index is 11.3. The van der Waals surface area contributed by atoms with E-state index in [1.807, 2.05) is 0 Å². The second-order valence-corrected chi connectivity index (χ2v) is 4.07. The normalized spacial score (nSPS) is 26.1. The Kier molecular flexibility index (Phi) is 1.76. The van der Waals surface area contributed by atoms with Gasteiger partial charge in [0.1, 0.15) is 0 Å². The van der Waals surface area contributed by atoms with Crippen molar-refractivity contribution in [1.82, 2.24) is 5.06 Å². The summed E-state index contributed by atoms with van der Waals surface area (Å²) >= 11 is 0. The summed E-state index contributed by atoms with van der Waals surface area (Å²) in [6, 6.07) is 0. The van der Waals surface area contributed by atoms with Gasteiger partial charge in [-0.3, -0.25) is 0 Å². The van der Waals surface area contributed by atoms with Crippen LogP contribution in [0.15, 0.2) is 12.4 Å². The molecule has 0 aromatic carbocycles. The lowest BCUT2D eigenvalue weighted by Crippen LogP contribution is -2.60. The first-order valence-electron chi connectivity index (χ1n) is 3.91. The zero-order valence-electron chi connectivity index (χ0n) is 7.87. The molecule has 1 heterocycles. The summed E-state index contributed by atoms with van der Waals surface area (Å²) < 4.78 is 0.821. The fourth-order valence-electron chi connectivity index (χ4n) is 1.03. The van der Waals surface area contributed by atoms with Crippen LogP contribution in [0.5, 0.6) is 0 Å². The third-order valence-corrected chi connectivity index (χ3v) is 2.94. The Morgan fingerprint density at radius 3 is 2.25 bits per heavy atom. The van der Waals surface area contributed by atoms with E-state index in [1.165, 1.54) is 12.4 Å². The van der Waals surface area contributed by atoms with E-state index in [-0.39, 0.29) is 0 Å². The van der Waals surface area contributed by atoms with Crippen molar-refractivity contribution >= 4 is 0 Å². The molecule has 1 rings (SSSR count). The molecule has 4 heteroatoms. The molecule has 0 aromatic rings. The molecule has 0 N–H and O–H groups in total. The molecule has 0 amide bonds. The number of hydrogen-bond acceptors (Lipinski definition) is 3. The Bertz CT molecular complexity index is 243. The van der Waals surface area contributed by atoms with Gasteiger partial charge in [0.15, 0.2) is 0 Å². The van der Waals surface area contributed by atoms with Crippen LogP contribution in [0.4, 0.5) is 0 Å². The topological polar surface area (TPSA) is 46.4 Å². The van der Waals surface area contributed by atoms with Crippen LogP contribution in [0.2, 0.25) is 0 Å². The summed E-state index contributed by atoms with van der Waals surface area (Å²) in [6.45, 7) is 7.03. The molecule has 0 aliphatic carbocycles. The van der Waals surface area contributed by atoms with Gasteiger partial charge in [-0.25, -0.2) is 0 Å². The van der Waals surface area contributed by atoms with Gasteiger partial charge >= 0.3 is 0 Å². The van der Waals surface area contributed by atoms with Crippen LogP contribution in [-0.2, 0) is 0 Å². The van der Waals surface area contributed by atoms with Crippen LogP contribution >= 0.6 is 0 Å². The highest BCUT2D eigenvalue weighted by Gasteiger charge is 2.52. The molecule has 68 valence electrons. The Morgan fingerprint density at radius 1 is 1.33 bits per heavy atom. The van der Waals surface area contributed by atoms with Crippen LogP contribution in [-0.4, -0.2) is 20.9 Å². The number of nitrogens with zero attached hydrogens (tertiary/aromatic N) is 2. The molecule has 4 nitrogen and oxygen atoms in total. The minimum Gasteiger partial charge on any atom is -0.758 e. The van der Waals surface area contributed by atoms with Gasteiger partial charge in [-0.2, -0.15) is 0 Å². The Hall–Kier alpha value is -0.900. The van der Waals surface area contributed by atoms with Gasteiger partial charge in [0.05, 0.1) is 11.7 Å². The highest BCUT2D eigenvalue weighted by atomic mass is 16.5. The average molecular weight is 170 g/mol. The lowest BCUT2D eigenvalue weighted by atomic mass is 9.81. The molecule has 0 radical (unpaired) electrons. The van der Waals surface area contributed by atoms with E-state index in [0.29, 0.717) is 0 Å². The molecular weight excluding hydrogens is 156 g/mol. The molecule has 0 saturated carbocycles. The Balaban J connectivity index is 3.16. The van der Waals surface area contributed by atoms with Crippen LogP contribution < -0.4 is 0 Å². The zero-order valence-corrected chi connectivity index (χ0v) is 7.87. The minimum atomic E-state index is -0.691. The SMILES string of the molecule is CC1(C)N([O-])C=C[N+](=O)C1(C)C. The van der Waals surface area contributed by atoms with Crippen LogP contribution in [0, 0.1) is 10.1 Å². The number of hydrogen-bond donors (Lipinski definition) is 0. The smallest absolute Gasteiger partial charge is 0.236 e. The van der Waals surface area contributed by atoms with Crippen molar-refractivity contribution in [1.29, 1.82) is 0 Å². The summed E-state index contributed by atoms with van der Waals surface area (Å²) in [4.78, 5) is 11.3. The third kappa shape index (κ3) is 0.948. The first-order chi connectivity index (χ1) is 5.30. The van der Waals surface area contributed by atoms with Crippen molar-refractivity contribution in [3.63, 3.8) is 0 Å². The van der Waals surface area contributed by atoms with E-state index >= 15 is 0 Å². The Labute approximate surface area is 72.0 Å². The van der Waals surface area contributed by atoms with E-state index in [4.69, 9.17) is 0 Å². The summed E-state index contributed by atoms with van der Waals surface area (Å²) in [6.07, 6.45) is 2.52. The highest BCUT2D eigenvalue weighted by Crippen LogP contribution is 2.33. The predicted molar refractivity (Wildman–Crippen MR) is 46.1 cm³/mol. The number of nitroso groups, excluding NO2 is 1. The van der Waals surface area contributed by atoms with Gasteiger partial charge in [-0.15, -0.1) is 0 Å². The molecule has 0 unspecified atom stereocenters. The first kappa shape index (κ1) is 9.19. The zero-order chi connectivity index (χ0) is 9.57.